The minimum Gasteiger partial charge on any atom is -0.481 e. The Morgan fingerprint density at radius 1 is 1.42 bits per heavy atom. The molecule has 0 unspecified atom stereocenters. The van der Waals surface area contributed by atoms with E-state index in [0.29, 0.717) is 18.6 Å². The van der Waals surface area contributed by atoms with Crippen molar-refractivity contribution in [2.24, 2.45) is 0 Å². The molecule has 0 aromatic heterocycles. The number of hydrogen-bond acceptors (Lipinski definition) is 2. The second kappa shape index (κ2) is 6.23. The summed E-state index contributed by atoms with van der Waals surface area (Å²) in [5.41, 5.74) is -1.44. The van der Waals surface area contributed by atoms with E-state index >= 15 is 0 Å². The minimum absolute atomic E-state index is 0.249. The highest BCUT2D eigenvalue weighted by Gasteiger charge is 2.34. The van der Waals surface area contributed by atoms with Crippen LogP contribution in [0.4, 0.5) is 17.6 Å². The zero-order valence-corrected chi connectivity index (χ0v) is 10.7. The third-order valence-electron chi connectivity index (χ3n) is 2.33. The highest BCUT2D eigenvalue weighted by molar-refractivity contribution is 6.64. The van der Waals surface area contributed by atoms with Gasteiger partial charge in [-0.3, -0.25) is 4.79 Å². The molecule has 0 saturated carbocycles. The number of ether oxygens (including phenoxy) is 1. The van der Waals surface area contributed by atoms with Gasteiger partial charge in [0.05, 0.1) is 5.56 Å². The Kier molecular flexibility index (Phi) is 5.17. The Morgan fingerprint density at radius 2 is 2.05 bits per heavy atom. The standard InChI is InChI=1S/C12H11ClF4O2/c1-2-3-10(11(13)18)19-7-4-5-9(14)8(6-7)12(15,16)17/h4-6,10H,2-3H2,1H3/t10-/m0/s1. The number of alkyl halides is 3. The van der Waals surface area contributed by atoms with Crippen LogP contribution in [0.5, 0.6) is 5.75 Å². The minimum atomic E-state index is -4.82. The topological polar surface area (TPSA) is 26.3 Å². The van der Waals surface area contributed by atoms with Crippen molar-refractivity contribution in [3.8, 4) is 5.75 Å². The van der Waals surface area contributed by atoms with Gasteiger partial charge in [-0.1, -0.05) is 13.3 Å². The van der Waals surface area contributed by atoms with E-state index in [0.717, 1.165) is 6.07 Å². The molecule has 0 N–H and O–H groups in total. The summed E-state index contributed by atoms with van der Waals surface area (Å²) in [5.74, 6) is -1.65. The largest absolute Gasteiger partial charge is 0.481 e. The van der Waals surface area contributed by atoms with Crippen molar-refractivity contribution >= 4 is 16.8 Å². The van der Waals surface area contributed by atoms with Crippen LogP contribution in [0.3, 0.4) is 0 Å². The van der Waals surface area contributed by atoms with Crippen molar-refractivity contribution in [1.29, 1.82) is 0 Å². The summed E-state index contributed by atoms with van der Waals surface area (Å²) < 4.78 is 55.6. The number of carbonyl (C=O) groups excluding carboxylic acids is 1. The maximum Gasteiger partial charge on any atom is 0.419 e. The molecule has 7 heteroatoms. The first-order chi connectivity index (χ1) is 8.75. The molecular weight excluding hydrogens is 288 g/mol. The summed E-state index contributed by atoms with van der Waals surface area (Å²) in [6.07, 6.45) is -5.04. The molecule has 0 heterocycles. The van der Waals surface area contributed by atoms with Crippen molar-refractivity contribution in [2.45, 2.75) is 32.0 Å². The van der Waals surface area contributed by atoms with Gasteiger partial charge in [-0.05, 0) is 36.2 Å². The predicted molar refractivity (Wildman–Crippen MR) is 61.6 cm³/mol. The van der Waals surface area contributed by atoms with Crippen LogP contribution in [0, 0.1) is 5.82 Å². The third-order valence-corrected chi connectivity index (χ3v) is 2.57. The first kappa shape index (κ1) is 15.8. The Balaban J connectivity index is 2.99. The van der Waals surface area contributed by atoms with Crippen molar-refractivity contribution in [1.82, 2.24) is 0 Å². The molecule has 0 aliphatic heterocycles. The maximum atomic E-state index is 13.0. The molecule has 0 spiro atoms. The first-order valence-electron chi connectivity index (χ1n) is 5.48. The molecule has 106 valence electrons. The normalized spacial score (nSPS) is 13.2. The van der Waals surface area contributed by atoms with Crippen molar-refractivity contribution in [2.75, 3.05) is 0 Å². The van der Waals surface area contributed by atoms with Gasteiger partial charge in [-0.15, -0.1) is 0 Å². The highest BCUT2D eigenvalue weighted by atomic mass is 35.5. The number of hydrogen-bond donors (Lipinski definition) is 0. The number of rotatable bonds is 5. The van der Waals surface area contributed by atoms with Gasteiger partial charge in [0.15, 0.2) is 6.10 Å². The van der Waals surface area contributed by atoms with E-state index in [1.54, 1.807) is 6.92 Å². The number of benzene rings is 1. The molecular formula is C12H11ClF4O2. The maximum absolute atomic E-state index is 13.0. The summed E-state index contributed by atoms with van der Waals surface area (Å²) >= 11 is 5.27. The van der Waals surface area contributed by atoms with Crippen LogP contribution in [0.1, 0.15) is 25.3 Å². The molecule has 1 rings (SSSR count). The molecule has 19 heavy (non-hydrogen) atoms. The lowest BCUT2D eigenvalue weighted by Crippen LogP contribution is -2.23. The summed E-state index contributed by atoms with van der Waals surface area (Å²) in [6.45, 7) is 1.77. The number of carbonyl (C=O) groups is 1. The summed E-state index contributed by atoms with van der Waals surface area (Å²) in [4.78, 5) is 11.0. The van der Waals surface area contributed by atoms with Gasteiger partial charge in [0.1, 0.15) is 11.6 Å². The van der Waals surface area contributed by atoms with Gasteiger partial charge in [0.2, 0.25) is 0 Å². The fourth-order valence-electron chi connectivity index (χ4n) is 1.44. The molecule has 0 aliphatic rings. The molecule has 0 bridgehead atoms. The SMILES string of the molecule is CCC[C@H](Oc1ccc(F)c(C(F)(F)F)c1)C(=O)Cl. The second-order valence-corrected chi connectivity index (χ2v) is 4.21. The van der Waals surface area contributed by atoms with Gasteiger partial charge >= 0.3 is 6.18 Å². The molecule has 1 atom stereocenters. The highest BCUT2D eigenvalue weighted by Crippen LogP contribution is 2.34. The van der Waals surface area contributed by atoms with E-state index in [1.807, 2.05) is 0 Å². The molecule has 1 aromatic carbocycles. The van der Waals surface area contributed by atoms with Crippen LogP contribution in [0.15, 0.2) is 18.2 Å². The van der Waals surface area contributed by atoms with E-state index in [4.69, 9.17) is 16.3 Å². The predicted octanol–water partition coefficient (Wildman–Crippen LogP) is 4.16. The summed E-state index contributed by atoms with van der Waals surface area (Å²) in [6, 6.07) is 2.17. The van der Waals surface area contributed by atoms with Crippen molar-refractivity contribution < 1.29 is 27.1 Å². The summed E-state index contributed by atoms with van der Waals surface area (Å²) in [5, 5.41) is -0.806. The van der Waals surface area contributed by atoms with Gasteiger partial charge < -0.3 is 4.74 Å². The third kappa shape index (κ3) is 4.38. The second-order valence-electron chi connectivity index (χ2n) is 3.84. The van der Waals surface area contributed by atoms with Gasteiger partial charge in [-0.25, -0.2) is 4.39 Å². The van der Waals surface area contributed by atoms with E-state index in [1.165, 1.54) is 0 Å². The fourth-order valence-corrected chi connectivity index (χ4v) is 1.59. The van der Waals surface area contributed by atoms with Crippen LogP contribution >= 0.6 is 11.6 Å². The molecule has 0 fully saturated rings. The van der Waals surface area contributed by atoms with Crippen LogP contribution in [-0.2, 0) is 11.0 Å². The van der Waals surface area contributed by atoms with E-state index in [-0.39, 0.29) is 12.2 Å². The molecule has 0 amide bonds. The Hall–Kier alpha value is -1.30. The van der Waals surface area contributed by atoms with Crippen LogP contribution in [0.2, 0.25) is 0 Å². The van der Waals surface area contributed by atoms with E-state index in [9.17, 15) is 22.4 Å². The van der Waals surface area contributed by atoms with Crippen LogP contribution in [-0.4, -0.2) is 11.3 Å². The first-order valence-corrected chi connectivity index (χ1v) is 5.86. The molecule has 0 saturated heterocycles. The summed E-state index contributed by atoms with van der Waals surface area (Å²) in [7, 11) is 0. The zero-order valence-electron chi connectivity index (χ0n) is 9.93. The fraction of sp³-hybridized carbons (Fsp3) is 0.417. The van der Waals surface area contributed by atoms with E-state index < -0.39 is 28.9 Å². The molecule has 0 aliphatic carbocycles. The Morgan fingerprint density at radius 3 is 2.53 bits per heavy atom. The zero-order chi connectivity index (χ0) is 14.6. The average Bonchev–Trinajstić information content (AvgIpc) is 2.29. The van der Waals surface area contributed by atoms with Crippen molar-refractivity contribution in [3.05, 3.63) is 29.6 Å². The lowest BCUT2D eigenvalue weighted by Gasteiger charge is -2.16. The Labute approximate surface area is 112 Å². The van der Waals surface area contributed by atoms with E-state index in [2.05, 4.69) is 0 Å². The lowest BCUT2D eigenvalue weighted by molar-refractivity contribution is -0.140. The quantitative estimate of drug-likeness (QED) is 0.603. The van der Waals surface area contributed by atoms with Gasteiger partial charge in [0, 0.05) is 0 Å². The van der Waals surface area contributed by atoms with Gasteiger partial charge in [-0.2, -0.15) is 13.2 Å². The van der Waals surface area contributed by atoms with Crippen LogP contribution < -0.4 is 4.74 Å². The molecule has 0 radical (unpaired) electrons. The monoisotopic (exact) mass is 298 g/mol. The van der Waals surface area contributed by atoms with Gasteiger partial charge in [0.25, 0.3) is 5.24 Å². The molecule has 1 aromatic rings. The Bertz CT molecular complexity index is 460. The van der Waals surface area contributed by atoms with Crippen LogP contribution in [0.25, 0.3) is 0 Å². The number of halogens is 5. The average molecular weight is 299 g/mol. The van der Waals surface area contributed by atoms with Crippen molar-refractivity contribution in [3.63, 3.8) is 0 Å². The lowest BCUT2D eigenvalue weighted by atomic mass is 10.2. The molecule has 2 nitrogen and oxygen atoms in total. The smallest absolute Gasteiger partial charge is 0.419 e.